The summed E-state index contributed by atoms with van der Waals surface area (Å²) < 4.78 is 14.4. The lowest BCUT2D eigenvalue weighted by molar-refractivity contribution is -0.126. The Balaban J connectivity index is 1.53. The van der Waals surface area contributed by atoms with E-state index in [1.807, 2.05) is 47.4 Å². The molecule has 0 radical (unpaired) electrons. The van der Waals surface area contributed by atoms with Crippen LogP contribution in [-0.4, -0.2) is 29.4 Å². The molecule has 3 nitrogen and oxygen atoms in total. The number of halogens is 1. The highest BCUT2D eigenvalue weighted by Gasteiger charge is 2.65. The average molecular weight is 336 g/mol. The normalized spacial score (nSPS) is 31.4. The van der Waals surface area contributed by atoms with E-state index in [0.717, 1.165) is 43.6 Å². The molecule has 25 heavy (non-hydrogen) atoms. The summed E-state index contributed by atoms with van der Waals surface area (Å²) in [5, 5.41) is 0. The van der Waals surface area contributed by atoms with Gasteiger partial charge < -0.3 is 4.90 Å². The Kier molecular flexibility index (Phi) is 3.26. The molecule has 3 atom stereocenters. The van der Waals surface area contributed by atoms with E-state index in [2.05, 4.69) is 4.90 Å². The highest BCUT2D eigenvalue weighted by molar-refractivity contribution is 6.03. The van der Waals surface area contributed by atoms with Crippen LogP contribution in [0.1, 0.15) is 30.9 Å². The third-order valence-electron chi connectivity index (χ3n) is 6.38. The van der Waals surface area contributed by atoms with Gasteiger partial charge in [0.1, 0.15) is 11.4 Å². The van der Waals surface area contributed by atoms with Gasteiger partial charge in [-0.1, -0.05) is 36.4 Å². The summed E-state index contributed by atoms with van der Waals surface area (Å²) >= 11 is 0. The predicted octanol–water partition coefficient (Wildman–Crippen LogP) is 3.77. The second-order valence-corrected chi connectivity index (χ2v) is 7.44. The number of amides is 1. The van der Waals surface area contributed by atoms with Crippen molar-refractivity contribution in [2.75, 3.05) is 18.0 Å². The van der Waals surface area contributed by atoms with Crippen LogP contribution in [0.3, 0.4) is 0 Å². The molecule has 0 aromatic heterocycles. The monoisotopic (exact) mass is 336 g/mol. The lowest BCUT2D eigenvalue weighted by atomic mass is 9.85. The zero-order chi connectivity index (χ0) is 17.0. The van der Waals surface area contributed by atoms with Crippen molar-refractivity contribution >= 4 is 11.6 Å². The van der Waals surface area contributed by atoms with E-state index in [9.17, 15) is 9.18 Å². The number of hydrogen-bond donors (Lipinski definition) is 0. The molecule has 5 rings (SSSR count). The van der Waals surface area contributed by atoms with Crippen molar-refractivity contribution in [1.29, 1.82) is 0 Å². The van der Waals surface area contributed by atoms with E-state index in [-0.39, 0.29) is 23.7 Å². The first-order valence-electron chi connectivity index (χ1n) is 9.10. The molecule has 1 amide bonds. The SMILES string of the molecule is O=C1N(c2ccccc2)C[C@@H]2C[C@@H](c3ccccc3F)N3CCC[C@@]123. The van der Waals surface area contributed by atoms with Gasteiger partial charge in [-0.3, -0.25) is 9.69 Å². The van der Waals surface area contributed by atoms with E-state index in [1.54, 1.807) is 6.07 Å². The van der Waals surface area contributed by atoms with Crippen LogP contribution in [-0.2, 0) is 4.79 Å². The van der Waals surface area contributed by atoms with Crippen LogP contribution in [0.15, 0.2) is 54.6 Å². The molecule has 0 N–H and O–H groups in total. The summed E-state index contributed by atoms with van der Waals surface area (Å²) in [6.45, 7) is 1.62. The summed E-state index contributed by atoms with van der Waals surface area (Å²) in [5.41, 5.74) is 1.30. The average Bonchev–Trinajstić information content (AvgIpc) is 3.27. The molecule has 0 aliphatic carbocycles. The smallest absolute Gasteiger partial charge is 0.247 e. The van der Waals surface area contributed by atoms with E-state index in [0.29, 0.717) is 0 Å². The highest BCUT2D eigenvalue weighted by Crippen LogP contribution is 2.56. The minimum absolute atomic E-state index is 0.0237. The minimum Gasteiger partial charge on any atom is -0.310 e. The number of anilines is 1. The van der Waals surface area contributed by atoms with E-state index in [4.69, 9.17) is 0 Å². The number of carbonyl (C=O) groups is 1. The van der Waals surface area contributed by atoms with Crippen LogP contribution in [0.2, 0.25) is 0 Å². The van der Waals surface area contributed by atoms with E-state index >= 15 is 0 Å². The lowest BCUT2D eigenvalue weighted by Gasteiger charge is -2.33. The zero-order valence-corrected chi connectivity index (χ0v) is 14.1. The highest BCUT2D eigenvalue weighted by atomic mass is 19.1. The first-order chi connectivity index (χ1) is 12.2. The molecule has 3 heterocycles. The summed E-state index contributed by atoms with van der Waals surface area (Å²) in [4.78, 5) is 17.7. The van der Waals surface area contributed by atoms with Crippen molar-refractivity contribution < 1.29 is 9.18 Å². The van der Waals surface area contributed by atoms with Gasteiger partial charge in [-0.25, -0.2) is 4.39 Å². The quantitative estimate of drug-likeness (QED) is 0.833. The summed E-state index contributed by atoms with van der Waals surface area (Å²) in [5.74, 6) is 0.328. The molecule has 1 spiro atoms. The molecule has 2 aromatic rings. The zero-order valence-electron chi connectivity index (χ0n) is 14.1. The van der Waals surface area contributed by atoms with Gasteiger partial charge >= 0.3 is 0 Å². The van der Waals surface area contributed by atoms with Crippen LogP contribution in [0.25, 0.3) is 0 Å². The Morgan fingerprint density at radius 3 is 2.60 bits per heavy atom. The molecule has 3 saturated heterocycles. The molecular weight excluding hydrogens is 315 g/mol. The standard InChI is InChI=1S/C21H21FN2O/c22-18-10-5-4-9-17(18)19-13-15-14-23(16-7-2-1-3-8-16)20(25)21(15)11-6-12-24(19)21/h1-5,7-10,15,19H,6,11-14H2/t15-,19-,21-/m0/s1. The summed E-state index contributed by atoms with van der Waals surface area (Å²) in [7, 11) is 0. The predicted molar refractivity (Wildman–Crippen MR) is 94.7 cm³/mol. The maximum absolute atomic E-state index is 14.4. The van der Waals surface area contributed by atoms with Crippen LogP contribution >= 0.6 is 0 Å². The first-order valence-corrected chi connectivity index (χ1v) is 9.10. The topological polar surface area (TPSA) is 23.6 Å². The fourth-order valence-electron chi connectivity index (χ4n) is 5.36. The molecule has 3 aliphatic heterocycles. The first kappa shape index (κ1) is 15.1. The van der Waals surface area contributed by atoms with Gasteiger partial charge in [-0.15, -0.1) is 0 Å². The number of hydrogen-bond acceptors (Lipinski definition) is 2. The maximum atomic E-state index is 14.4. The Labute approximate surface area is 147 Å². The molecule has 128 valence electrons. The Morgan fingerprint density at radius 1 is 1.04 bits per heavy atom. The number of nitrogens with zero attached hydrogens (tertiary/aromatic N) is 2. The molecule has 3 fully saturated rings. The van der Waals surface area contributed by atoms with Crippen LogP contribution in [0.5, 0.6) is 0 Å². The molecule has 2 aromatic carbocycles. The Morgan fingerprint density at radius 2 is 1.80 bits per heavy atom. The van der Waals surface area contributed by atoms with Crippen molar-refractivity contribution in [2.24, 2.45) is 5.92 Å². The minimum atomic E-state index is -0.428. The van der Waals surface area contributed by atoms with Crippen molar-refractivity contribution in [3.63, 3.8) is 0 Å². The van der Waals surface area contributed by atoms with Crippen molar-refractivity contribution in [2.45, 2.75) is 30.8 Å². The Hall–Kier alpha value is -2.20. The number of para-hydroxylation sites is 1. The van der Waals surface area contributed by atoms with Gasteiger partial charge in [-0.2, -0.15) is 0 Å². The van der Waals surface area contributed by atoms with Crippen LogP contribution in [0, 0.1) is 11.7 Å². The van der Waals surface area contributed by atoms with Crippen molar-refractivity contribution in [1.82, 2.24) is 4.90 Å². The summed E-state index contributed by atoms with van der Waals surface area (Å²) in [6, 6.07) is 17.0. The fraction of sp³-hybridized carbons (Fsp3) is 0.381. The molecule has 0 bridgehead atoms. The van der Waals surface area contributed by atoms with Crippen LogP contribution in [0.4, 0.5) is 10.1 Å². The van der Waals surface area contributed by atoms with Gasteiger partial charge in [0.2, 0.25) is 5.91 Å². The van der Waals surface area contributed by atoms with Crippen LogP contribution < -0.4 is 4.90 Å². The van der Waals surface area contributed by atoms with Gasteiger partial charge in [0.05, 0.1) is 0 Å². The van der Waals surface area contributed by atoms with E-state index in [1.165, 1.54) is 6.07 Å². The molecular formula is C21H21FN2O. The number of benzene rings is 2. The molecule has 0 unspecified atom stereocenters. The second-order valence-electron chi connectivity index (χ2n) is 7.44. The van der Waals surface area contributed by atoms with Crippen molar-refractivity contribution in [3.8, 4) is 0 Å². The fourth-order valence-corrected chi connectivity index (χ4v) is 5.36. The third-order valence-corrected chi connectivity index (χ3v) is 6.38. The Bertz CT molecular complexity index is 824. The molecule has 4 heteroatoms. The second kappa shape index (κ2) is 5.40. The third kappa shape index (κ3) is 1.97. The summed E-state index contributed by atoms with van der Waals surface area (Å²) in [6.07, 6.45) is 2.76. The van der Waals surface area contributed by atoms with Gasteiger partial charge in [0, 0.05) is 29.8 Å². The lowest BCUT2D eigenvalue weighted by Crippen LogP contribution is -2.49. The number of rotatable bonds is 2. The largest absolute Gasteiger partial charge is 0.310 e. The molecule has 0 saturated carbocycles. The number of carbonyl (C=O) groups excluding carboxylic acids is 1. The van der Waals surface area contributed by atoms with E-state index < -0.39 is 5.54 Å². The molecule has 3 aliphatic rings. The maximum Gasteiger partial charge on any atom is 0.247 e. The van der Waals surface area contributed by atoms with Gasteiger partial charge in [0.15, 0.2) is 0 Å². The van der Waals surface area contributed by atoms with Crippen molar-refractivity contribution in [3.05, 3.63) is 66.0 Å². The van der Waals surface area contributed by atoms with Gasteiger partial charge in [-0.05, 0) is 44.0 Å². The van der Waals surface area contributed by atoms with Gasteiger partial charge in [0.25, 0.3) is 0 Å².